The molecule has 36 heavy (non-hydrogen) atoms. The minimum atomic E-state index is -3.00. The fourth-order valence-corrected chi connectivity index (χ4v) is 6.36. The van der Waals surface area contributed by atoms with Crippen molar-refractivity contribution in [3.8, 4) is 17.0 Å². The van der Waals surface area contributed by atoms with Crippen LogP contribution >= 0.6 is 0 Å². The van der Waals surface area contributed by atoms with Gasteiger partial charge in [0, 0.05) is 43.2 Å². The Kier molecular flexibility index (Phi) is 7.92. The number of anilines is 1. The van der Waals surface area contributed by atoms with E-state index in [0.717, 1.165) is 35.5 Å². The molecule has 2 aromatic heterocycles. The van der Waals surface area contributed by atoms with E-state index in [1.54, 1.807) is 13.3 Å². The molecule has 4 rings (SSSR count). The highest BCUT2D eigenvalue weighted by atomic mass is 32.2. The topological polar surface area (TPSA) is 115 Å². The van der Waals surface area contributed by atoms with Gasteiger partial charge in [0.15, 0.2) is 5.69 Å². The van der Waals surface area contributed by atoms with E-state index in [4.69, 9.17) is 4.74 Å². The molecule has 0 spiro atoms. The summed E-state index contributed by atoms with van der Waals surface area (Å²) in [5.74, 6) is 2.23. The van der Waals surface area contributed by atoms with Crippen molar-refractivity contribution in [2.24, 2.45) is 11.8 Å². The van der Waals surface area contributed by atoms with Gasteiger partial charge < -0.3 is 15.4 Å². The number of aryl methyl sites for hydroxylation is 1. The van der Waals surface area contributed by atoms with Gasteiger partial charge in [-0.3, -0.25) is 9.48 Å². The van der Waals surface area contributed by atoms with Crippen LogP contribution in [0.1, 0.15) is 68.4 Å². The average Bonchev–Trinajstić information content (AvgIpc) is 3.65. The summed E-state index contributed by atoms with van der Waals surface area (Å²) in [5.41, 5.74) is 2.79. The van der Waals surface area contributed by atoms with E-state index in [0.29, 0.717) is 49.3 Å². The maximum Gasteiger partial charge on any atom is 0.272 e. The molecule has 2 N–H and O–H groups in total. The largest absolute Gasteiger partial charge is 0.496 e. The second-order valence-electron chi connectivity index (χ2n) is 10.4. The summed E-state index contributed by atoms with van der Waals surface area (Å²) in [6.45, 7) is 7.19. The zero-order valence-corrected chi connectivity index (χ0v) is 22.8. The molecule has 198 valence electrons. The van der Waals surface area contributed by atoms with Crippen molar-refractivity contribution in [3.05, 3.63) is 23.5 Å². The lowest BCUT2D eigenvalue weighted by molar-refractivity contribution is 0.0937. The van der Waals surface area contributed by atoms with Gasteiger partial charge >= 0.3 is 0 Å². The summed E-state index contributed by atoms with van der Waals surface area (Å²) >= 11 is 0. The number of amides is 1. The van der Waals surface area contributed by atoms with Gasteiger partial charge in [0.05, 0.1) is 23.6 Å². The Morgan fingerprint density at radius 1 is 1.22 bits per heavy atom. The lowest BCUT2D eigenvalue weighted by Gasteiger charge is -2.27. The van der Waals surface area contributed by atoms with Crippen LogP contribution in [0.15, 0.2) is 12.3 Å². The van der Waals surface area contributed by atoms with Crippen LogP contribution in [0.3, 0.4) is 0 Å². The summed E-state index contributed by atoms with van der Waals surface area (Å²) in [5, 5.41) is 10.9. The van der Waals surface area contributed by atoms with E-state index >= 15 is 0 Å². The predicted octanol–water partition coefficient (Wildman–Crippen LogP) is 3.83. The van der Waals surface area contributed by atoms with Crippen molar-refractivity contribution < 1.29 is 17.9 Å². The number of pyridine rings is 1. The van der Waals surface area contributed by atoms with Crippen LogP contribution in [-0.4, -0.2) is 60.3 Å². The van der Waals surface area contributed by atoms with E-state index in [1.165, 1.54) is 19.1 Å². The summed E-state index contributed by atoms with van der Waals surface area (Å²) in [6.07, 6.45) is 8.53. The van der Waals surface area contributed by atoms with Crippen LogP contribution in [0, 0.1) is 18.8 Å². The molecule has 0 unspecified atom stereocenters. The molecule has 2 fully saturated rings. The van der Waals surface area contributed by atoms with Gasteiger partial charge in [0.1, 0.15) is 21.4 Å². The predicted molar refractivity (Wildman–Crippen MR) is 141 cm³/mol. The number of methoxy groups -OCH3 is 1. The molecular weight excluding hydrogens is 478 g/mol. The molecule has 0 bridgehead atoms. The van der Waals surface area contributed by atoms with Gasteiger partial charge in [0.2, 0.25) is 0 Å². The number of ether oxygens (including phenoxy) is 1. The van der Waals surface area contributed by atoms with Crippen molar-refractivity contribution in [3.63, 3.8) is 0 Å². The first-order valence-corrected chi connectivity index (χ1v) is 14.9. The van der Waals surface area contributed by atoms with Crippen LogP contribution in [0.4, 0.5) is 5.82 Å². The van der Waals surface area contributed by atoms with Gasteiger partial charge in [-0.2, -0.15) is 5.10 Å². The number of carbonyl (C=O) groups excluding carboxylic acids is 1. The highest BCUT2D eigenvalue weighted by molar-refractivity contribution is 7.91. The third kappa shape index (κ3) is 5.85. The Hall–Kier alpha value is -2.62. The van der Waals surface area contributed by atoms with Gasteiger partial charge in [-0.05, 0) is 71.1 Å². The van der Waals surface area contributed by atoms with Gasteiger partial charge in [0.25, 0.3) is 5.91 Å². The van der Waals surface area contributed by atoms with Gasteiger partial charge in [-0.25, -0.2) is 13.4 Å². The monoisotopic (exact) mass is 517 g/mol. The standard InChI is InChI=1S/C26H39N5O4S/c1-6-31-25(21-15-27-23(13-22(21)35-4)29-17(3)19-9-10-19)16(2)24(30-31)26(32)28-14-18-7-11-20(12-8-18)36(5,33)34/h13,15,17-20H,6-12,14H2,1-5H3,(H,27,29)(H,28,32)/t17-,18-,20-/m0/s1. The molecular formula is C26H39N5O4S. The number of sulfone groups is 1. The SMILES string of the molecule is CCn1nc(C(=O)NC[C@H]2CC[C@H](S(C)(=O)=O)CC2)c(C)c1-c1cnc(N[C@@H](C)C2CC2)cc1OC. The molecule has 0 aromatic carbocycles. The molecule has 2 saturated carbocycles. The highest BCUT2D eigenvalue weighted by Gasteiger charge is 2.30. The van der Waals surface area contributed by atoms with Crippen molar-refractivity contribution in [1.29, 1.82) is 0 Å². The lowest BCUT2D eigenvalue weighted by atomic mass is 9.89. The number of hydrogen-bond donors (Lipinski definition) is 2. The quantitative estimate of drug-likeness (QED) is 0.492. The summed E-state index contributed by atoms with van der Waals surface area (Å²) < 4.78 is 31.1. The average molecular weight is 518 g/mol. The first kappa shape index (κ1) is 26.4. The minimum absolute atomic E-state index is 0.213. The fraction of sp³-hybridized carbons (Fsp3) is 0.654. The molecule has 2 heterocycles. The van der Waals surface area contributed by atoms with Crippen molar-refractivity contribution in [1.82, 2.24) is 20.1 Å². The molecule has 0 radical (unpaired) electrons. The number of hydrogen-bond acceptors (Lipinski definition) is 7. The molecule has 10 heteroatoms. The number of nitrogens with one attached hydrogen (secondary N) is 2. The third-order valence-corrected chi connectivity index (χ3v) is 9.38. The molecule has 2 aliphatic carbocycles. The smallest absolute Gasteiger partial charge is 0.272 e. The Bertz CT molecular complexity index is 1200. The zero-order chi connectivity index (χ0) is 26.0. The van der Waals surface area contributed by atoms with Crippen molar-refractivity contribution >= 4 is 21.6 Å². The lowest BCUT2D eigenvalue weighted by Crippen LogP contribution is -2.34. The normalized spacial score (nSPS) is 21.1. The Labute approximate surface area is 214 Å². The first-order valence-electron chi connectivity index (χ1n) is 13.0. The Morgan fingerprint density at radius 2 is 1.92 bits per heavy atom. The highest BCUT2D eigenvalue weighted by Crippen LogP contribution is 2.37. The van der Waals surface area contributed by atoms with Crippen LogP contribution in [0.2, 0.25) is 0 Å². The summed E-state index contributed by atoms with van der Waals surface area (Å²) in [7, 11) is -1.36. The van der Waals surface area contributed by atoms with E-state index in [2.05, 4.69) is 27.6 Å². The molecule has 0 aliphatic heterocycles. The van der Waals surface area contributed by atoms with E-state index < -0.39 is 9.84 Å². The van der Waals surface area contributed by atoms with Crippen molar-refractivity contribution in [2.45, 2.75) is 77.1 Å². The Morgan fingerprint density at radius 3 is 2.50 bits per heavy atom. The summed E-state index contributed by atoms with van der Waals surface area (Å²) in [4.78, 5) is 17.7. The molecule has 1 amide bonds. The number of aromatic nitrogens is 3. The van der Waals surface area contributed by atoms with Gasteiger partial charge in [-0.1, -0.05) is 0 Å². The molecule has 1 atom stereocenters. The third-order valence-electron chi connectivity index (χ3n) is 7.70. The van der Waals surface area contributed by atoms with Crippen LogP contribution in [-0.2, 0) is 16.4 Å². The fourth-order valence-electron chi connectivity index (χ4n) is 5.23. The van der Waals surface area contributed by atoms with Crippen LogP contribution < -0.4 is 15.4 Å². The van der Waals surface area contributed by atoms with Gasteiger partial charge in [-0.15, -0.1) is 0 Å². The molecule has 2 aromatic rings. The Balaban J connectivity index is 1.48. The minimum Gasteiger partial charge on any atom is -0.496 e. The molecule has 9 nitrogen and oxygen atoms in total. The maximum absolute atomic E-state index is 13.1. The van der Waals surface area contributed by atoms with Crippen LogP contribution in [0.5, 0.6) is 5.75 Å². The second kappa shape index (κ2) is 10.8. The number of nitrogens with zero attached hydrogens (tertiary/aromatic N) is 3. The maximum atomic E-state index is 13.1. The molecule has 2 aliphatic rings. The number of carbonyl (C=O) groups is 1. The van der Waals surface area contributed by atoms with E-state index in [1.807, 2.05) is 24.6 Å². The summed E-state index contributed by atoms with van der Waals surface area (Å²) in [6, 6.07) is 2.28. The number of rotatable bonds is 10. The zero-order valence-electron chi connectivity index (χ0n) is 22.0. The second-order valence-corrected chi connectivity index (χ2v) is 12.7. The van der Waals surface area contributed by atoms with E-state index in [9.17, 15) is 13.2 Å². The van der Waals surface area contributed by atoms with Crippen molar-refractivity contribution in [2.75, 3.05) is 25.2 Å². The first-order chi connectivity index (χ1) is 17.1. The van der Waals surface area contributed by atoms with E-state index in [-0.39, 0.29) is 17.1 Å². The molecule has 0 saturated heterocycles. The van der Waals surface area contributed by atoms with Crippen LogP contribution in [0.25, 0.3) is 11.3 Å².